The lowest BCUT2D eigenvalue weighted by atomic mass is 9.91. The number of aromatic amines is 1. The van der Waals surface area contributed by atoms with E-state index in [1.165, 1.54) is 5.56 Å². The number of guanidine groups is 1. The number of hydrogen-bond donors (Lipinski definition) is 4. The van der Waals surface area contributed by atoms with Crippen LogP contribution in [0.2, 0.25) is 0 Å². The number of nitrogens with one attached hydrogen (secondary N) is 1. The normalized spacial score (nSPS) is 13.1. The number of carbonyl (C=O) groups is 1. The standard InChI is InChI=1S/C13H14N4O.CH4O3S/c14-13(15)17-12(18)11-8-5-1-3-7-4-2-6-9(16-11)10(7)8;1-5(2,3)4/h2,4,6,16H,1,3,5H2,(H4,14,15,17,18);1H3,(H,2,3,4). The molecule has 6 N–H and O–H groups in total. The maximum Gasteiger partial charge on any atom is 0.296 e. The summed E-state index contributed by atoms with van der Waals surface area (Å²) < 4.78 is 25.9. The predicted molar refractivity (Wildman–Crippen MR) is 87.9 cm³/mol. The van der Waals surface area contributed by atoms with Gasteiger partial charge in [0.1, 0.15) is 5.69 Å². The zero-order valence-electron chi connectivity index (χ0n) is 12.5. The van der Waals surface area contributed by atoms with Crippen molar-refractivity contribution in [1.29, 1.82) is 0 Å². The van der Waals surface area contributed by atoms with Crippen LogP contribution >= 0.6 is 0 Å². The summed E-state index contributed by atoms with van der Waals surface area (Å²) >= 11 is 0. The van der Waals surface area contributed by atoms with Gasteiger partial charge in [-0.15, -0.1) is 0 Å². The molecule has 0 radical (unpaired) electrons. The second-order valence-corrected chi connectivity index (χ2v) is 6.71. The highest BCUT2D eigenvalue weighted by Gasteiger charge is 2.21. The third-order valence-electron chi connectivity index (χ3n) is 3.33. The number of hydrogen-bond acceptors (Lipinski definition) is 3. The number of rotatable bonds is 1. The highest BCUT2D eigenvalue weighted by atomic mass is 32.2. The maximum atomic E-state index is 12.0. The fourth-order valence-electron chi connectivity index (χ4n) is 2.67. The zero-order valence-corrected chi connectivity index (χ0v) is 13.4. The Hall–Kier alpha value is -2.39. The quantitative estimate of drug-likeness (QED) is 0.339. The van der Waals surface area contributed by atoms with Crippen LogP contribution in [0.4, 0.5) is 0 Å². The molecule has 0 aliphatic heterocycles. The van der Waals surface area contributed by atoms with E-state index in [0.717, 1.165) is 35.7 Å². The number of aromatic nitrogens is 1. The number of nitrogens with two attached hydrogens (primary N) is 2. The van der Waals surface area contributed by atoms with Gasteiger partial charge in [0.05, 0.1) is 6.26 Å². The SMILES string of the molecule is CS(=O)(=O)O.NC(N)=NC(=O)c1[nH]c2cccc3c2c1CCC3. The number of aryl methyl sites for hydroxylation is 2. The summed E-state index contributed by atoms with van der Waals surface area (Å²) in [6.07, 6.45) is 3.70. The van der Waals surface area contributed by atoms with E-state index in [1.807, 2.05) is 12.1 Å². The van der Waals surface area contributed by atoms with Gasteiger partial charge in [-0.3, -0.25) is 9.35 Å². The molecule has 8 nitrogen and oxygen atoms in total. The zero-order chi connectivity index (χ0) is 17.2. The summed E-state index contributed by atoms with van der Waals surface area (Å²) in [6.45, 7) is 0. The Balaban J connectivity index is 0.000000338. The van der Waals surface area contributed by atoms with Gasteiger partial charge in [-0.05, 0) is 36.5 Å². The molecular formula is C14H18N4O4S. The van der Waals surface area contributed by atoms with E-state index < -0.39 is 16.0 Å². The Morgan fingerprint density at radius 3 is 2.57 bits per heavy atom. The lowest BCUT2D eigenvalue weighted by Gasteiger charge is -2.12. The van der Waals surface area contributed by atoms with Crippen LogP contribution in [0.5, 0.6) is 0 Å². The average Bonchev–Trinajstić information content (AvgIpc) is 2.78. The number of carbonyl (C=O) groups excluding carboxylic acids is 1. The molecule has 0 saturated carbocycles. The first-order valence-electron chi connectivity index (χ1n) is 6.85. The van der Waals surface area contributed by atoms with Gasteiger partial charge in [0.2, 0.25) is 0 Å². The van der Waals surface area contributed by atoms with Crippen LogP contribution in [0.1, 0.15) is 28.0 Å². The highest BCUT2D eigenvalue weighted by Crippen LogP contribution is 2.32. The van der Waals surface area contributed by atoms with Gasteiger partial charge in [0, 0.05) is 10.9 Å². The Bertz CT molecular complexity index is 872. The number of H-pyrrole nitrogens is 1. The van der Waals surface area contributed by atoms with Crippen molar-refractivity contribution in [3.05, 3.63) is 35.0 Å². The van der Waals surface area contributed by atoms with Crippen LogP contribution in [0.25, 0.3) is 10.9 Å². The first-order valence-corrected chi connectivity index (χ1v) is 8.70. The number of nitrogens with zero attached hydrogens (tertiary/aromatic N) is 1. The first-order chi connectivity index (χ1) is 10.7. The third kappa shape index (κ3) is 4.30. The van der Waals surface area contributed by atoms with Gasteiger partial charge in [0.25, 0.3) is 16.0 Å². The molecule has 1 aliphatic carbocycles. The van der Waals surface area contributed by atoms with E-state index in [1.54, 1.807) is 0 Å². The summed E-state index contributed by atoms with van der Waals surface area (Å²) in [4.78, 5) is 18.7. The van der Waals surface area contributed by atoms with Crippen molar-refractivity contribution in [3.8, 4) is 0 Å². The molecule has 23 heavy (non-hydrogen) atoms. The molecule has 1 heterocycles. The third-order valence-corrected chi connectivity index (χ3v) is 3.33. The number of benzene rings is 1. The maximum absolute atomic E-state index is 12.0. The Morgan fingerprint density at radius 2 is 1.96 bits per heavy atom. The molecule has 9 heteroatoms. The van der Waals surface area contributed by atoms with Gasteiger partial charge in [-0.2, -0.15) is 13.4 Å². The second-order valence-electron chi connectivity index (χ2n) is 5.25. The Kier molecular flexibility index (Phi) is 4.71. The van der Waals surface area contributed by atoms with Gasteiger partial charge in [0.15, 0.2) is 5.96 Å². The van der Waals surface area contributed by atoms with E-state index in [4.69, 9.17) is 16.0 Å². The van der Waals surface area contributed by atoms with Gasteiger partial charge < -0.3 is 16.5 Å². The van der Waals surface area contributed by atoms with Crippen molar-refractivity contribution >= 4 is 32.9 Å². The molecule has 1 aromatic carbocycles. The fourth-order valence-corrected chi connectivity index (χ4v) is 2.67. The van der Waals surface area contributed by atoms with E-state index in [9.17, 15) is 13.2 Å². The minimum absolute atomic E-state index is 0.207. The van der Waals surface area contributed by atoms with Crippen molar-refractivity contribution in [2.45, 2.75) is 19.3 Å². The van der Waals surface area contributed by atoms with Crippen molar-refractivity contribution < 1.29 is 17.8 Å². The highest BCUT2D eigenvalue weighted by molar-refractivity contribution is 7.85. The molecule has 124 valence electrons. The Morgan fingerprint density at radius 1 is 1.30 bits per heavy atom. The number of amides is 1. The van der Waals surface area contributed by atoms with Crippen LogP contribution in [0.15, 0.2) is 23.2 Å². The molecule has 0 saturated heterocycles. The largest absolute Gasteiger partial charge is 0.370 e. The molecule has 0 fully saturated rings. The van der Waals surface area contributed by atoms with Crippen LogP contribution in [0.3, 0.4) is 0 Å². The fraction of sp³-hybridized carbons (Fsp3) is 0.286. The molecule has 1 aliphatic rings. The molecule has 1 amide bonds. The summed E-state index contributed by atoms with van der Waals surface area (Å²) in [7, 11) is -3.67. The molecular weight excluding hydrogens is 320 g/mol. The number of aliphatic imine (C=N–C) groups is 1. The van der Waals surface area contributed by atoms with E-state index in [-0.39, 0.29) is 5.96 Å². The predicted octanol–water partition coefficient (Wildman–Crippen LogP) is 0.574. The Labute approximate surface area is 133 Å². The lowest BCUT2D eigenvalue weighted by Crippen LogP contribution is -2.24. The molecule has 1 aromatic heterocycles. The molecule has 0 bridgehead atoms. The topological polar surface area (TPSA) is 152 Å². The van der Waals surface area contributed by atoms with Crippen LogP contribution in [0, 0.1) is 0 Å². The smallest absolute Gasteiger partial charge is 0.296 e. The van der Waals surface area contributed by atoms with Crippen LogP contribution in [-0.4, -0.2) is 36.1 Å². The average molecular weight is 338 g/mol. The van der Waals surface area contributed by atoms with Crippen LogP contribution < -0.4 is 11.5 Å². The van der Waals surface area contributed by atoms with Gasteiger partial charge in [-0.1, -0.05) is 12.1 Å². The minimum atomic E-state index is -3.67. The lowest BCUT2D eigenvalue weighted by molar-refractivity contribution is 0.0998. The van der Waals surface area contributed by atoms with Crippen molar-refractivity contribution in [1.82, 2.24) is 4.98 Å². The monoisotopic (exact) mass is 338 g/mol. The molecule has 0 unspecified atom stereocenters. The molecule has 0 atom stereocenters. The van der Waals surface area contributed by atoms with Crippen molar-refractivity contribution in [3.63, 3.8) is 0 Å². The second kappa shape index (κ2) is 6.39. The van der Waals surface area contributed by atoms with Crippen molar-refractivity contribution in [2.75, 3.05) is 6.26 Å². The van der Waals surface area contributed by atoms with E-state index >= 15 is 0 Å². The molecule has 0 spiro atoms. The summed E-state index contributed by atoms with van der Waals surface area (Å²) in [5, 5.41) is 1.16. The minimum Gasteiger partial charge on any atom is -0.370 e. The van der Waals surface area contributed by atoms with Crippen LogP contribution in [-0.2, 0) is 23.0 Å². The van der Waals surface area contributed by atoms with Crippen molar-refractivity contribution in [2.24, 2.45) is 16.5 Å². The van der Waals surface area contributed by atoms with E-state index in [0.29, 0.717) is 11.9 Å². The first kappa shape index (κ1) is 17.0. The summed E-state index contributed by atoms with van der Waals surface area (Å²) in [6, 6.07) is 6.08. The van der Waals surface area contributed by atoms with Gasteiger partial charge in [-0.25, -0.2) is 0 Å². The summed E-state index contributed by atoms with van der Waals surface area (Å²) in [5.41, 5.74) is 14.3. The summed E-state index contributed by atoms with van der Waals surface area (Å²) in [5.74, 6) is -0.601. The van der Waals surface area contributed by atoms with E-state index in [2.05, 4.69) is 16.0 Å². The molecule has 3 rings (SSSR count). The molecule has 2 aromatic rings. The van der Waals surface area contributed by atoms with Gasteiger partial charge >= 0.3 is 0 Å².